The Kier molecular flexibility index (Phi) is 7.11. The predicted octanol–water partition coefficient (Wildman–Crippen LogP) is 1.40. The van der Waals surface area contributed by atoms with E-state index in [4.69, 9.17) is 0 Å². The van der Waals surface area contributed by atoms with Gasteiger partial charge in [-0.25, -0.2) is 0 Å². The van der Waals surface area contributed by atoms with Gasteiger partial charge in [-0.1, -0.05) is 0 Å². The molecular weight excluding hydrogens is 262 g/mol. The summed E-state index contributed by atoms with van der Waals surface area (Å²) in [4.78, 5) is 14.6. The molecule has 0 unspecified atom stereocenters. The lowest BCUT2D eigenvalue weighted by molar-refractivity contribution is -0.126. The average molecular weight is 290 g/mol. The summed E-state index contributed by atoms with van der Waals surface area (Å²) in [6.07, 6.45) is 4.21. The average Bonchev–Trinajstić information content (AvgIpc) is 2.40. The van der Waals surface area contributed by atoms with E-state index in [0.29, 0.717) is 18.0 Å². The minimum absolute atomic E-state index is 0. The Bertz CT molecular complexity index is 272. The first kappa shape index (κ1) is 16.7. The van der Waals surface area contributed by atoms with Gasteiger partial charge in [-0.05, 0) is 52.6 Å². The van der Waals surface area contributed by atoms with Gasteiger partial charge in [-0.2, -0.15) is 0 Å². The van der Waals surface area contributed by atoms with Crippen LogP contribution in [0, 0.1) is 5.92 Å². The van der Waals surface area contributed by atoms with Crippen LogP contribution in [0.4, 0.5) is 0 Å². The molecule has 19 heavy (non-hydrogen) atoms. The van der Waals surface area contributed by atoms with E-state index in [9.17, 15) is 4.79 Å². The van der Waals surface area contributed by atoms with Crippen LogP contribution in [0.2, 0.25) is 0 Å². The molecule has 112 valence electrons. The highest BCUT2D eigenvalue weighted by molar-refractivity contribution is 5.85. The van der Waals surface area contributed by atoms with Crippen molar-refractivity contribution >= 4 is 18.3 Å². The fourth-order valence-corrected chi connectivity index (χ4v) is 2.96. The predicted molar refractivity (Wildman–Crippen MR) is 80.7 cm³/mol. The van der Waals surface area contributed by atoms with Gasteiger partial charge in [-0.15, -0.1) is 12.4 Å². The van der Waals surface area contributed by atoms with Gasteiger partial charge in [0.05, 0.1) is 0 Å². The van der Waals surface area contributed by atoms with Crippen molar-refractivity contribution < 1.29 is 4.79 Å². The number of carbonyl (C=O) groups excluding carboxylic acids is 1. The van der Waals surface area contributed by atoms with Gasteiger partial charge in [0, 0.05) is 31.1 Å². The lowest BCUT2D eigenvalue weighted by Crippen LogP contribution is -2.48. The third-order valence-corrected chi connectivity index (χ3v) is 4.32. The van der Waals surface area contributed by atoms with Gasteiger partial charge in [0.25, 0.3) is 0 Å². The molecule has 5 heteroatoms. The maximum Gasteiger partial charge on any atom is 0.223 e. The van der Waals surface area contributed by atoms with Gasteiger partial charge in [-0.3, -0.25) is 4.79 Å². The van der Waals surface area contributed by atoms with Crippen LogP contribution in [-0.2, 0) is 4.79 Å². The Morgan fingerprint density at radius 2 is 1.74 bits per heavy atom. The second kappa shape index (κ2) is 8.08. The number of nitrogens with zero attached hydrogens (tertiary/aromatic N) is 1. The summed E-state index contributed by atoms with van der Waals surface area (Å²) in [6, 6.07) is 1.04. The number of likely N-dealkylation sites (tertiary alicyclic amines) is 1. The minimum atomic E-state index is 0. The van der Waals surface area contributed by atoms with E-state index in [2.05, 4.69) is 29.4 Å². The van der Waals surface area contributed by atoms with Crippen LogP contribution >= 0.6 is 12.4 Å². The fraction of sp³-hybridized carbons (Fsp3) is 0.929. The quantitative estimate of drug-likeness (QED) is 0.825. The van der Waals surface area contributed by atoms with Crippen LogP contribution in [0.3, 0.4) is 0 Å². The first-order valence-corrected chi connectivity index (χ1v) is 7.42. The zero-order valence-corrected chi connectivity index (χ0v) is 13.0. The van der Waals surface area contributed by atoms with E-state index in [1.165, 1.54) is 0 Å². The number of piperidine rings is 2. The standard InChI is InChI=1S/C14H27N3O.ClH/c1-11(2)17-9-5-13(6-10-17)16-14(18)12-3-7-15-8-4-12;/h11-13,15H,3-10H2,1-2H3,(H,16,18);1H. The third-order valence-electron chi connectivity index (χ3n) is 4.32. The Labute approximate surface area is 123 Å². The molecule has 4 nitrogen and oxygen atoms in total. The van der Waals surface area contributed by atoms with Crippen molar-refractivity contribution in [3.63, 3.8) is 0 Å². The molecule has 2 aliphatic rings. The van der Waals surface area contributed by atoms with Crippen molar-refractivity contribution in [3.05, 3.63) is 0 Å². The summed E-state index contributed by atoms with van der Waals surface area (Å²) < 4.78 is 0. The minimum Gasteiger partial charge on any atom is -0.353 e. The Balaban J connectivity index is 0.00000180. The maximum absolute atomic E-state index is 12.1. The molecule has 0 aliphatic carbocycles. The summed E-state index contributed by atoms with van der Waals surface area (Å²) in [5.74, 6) is 0.536. The summed E-state index contributed by atoms with van der Waals surface area (Å²) in [7, 11) is 0. The second-order valence-corrected chi connectivity index (χ2v) is 5.94. The van der Waals surface area contributed by atoms with Crippen LogP contribution < -0.4 is 10.6 Å². The number of hydrogen-bond donors (Lipinski definition) is 2. The molecule has 1 amide bonds. The van der Waals surface area contributed by atoms with Crippen molar-refractivity contribution in [1.29, 1.82) is 0 Å². The SMILES string of the molecule is CC(C)N1CCC(NC(=O)C2CCNCC2)CC1.Cl. The van der Waals surface area contributed by atoms with Gasteiger partial charge in [0.2, 0.25) is 5.91 Å². The largest absolute Gasteiger partial charge is 0.353 e. The van der Waals surface area contributed by atoms with Crippen molar-refractivity contribution in [2.24, 2.45) is 5.92 Å². The second-order valence-electron chi connectivity index (χ2n) is 5.94. The van der Waals surface area contributed by atoms with Gasteiger partial charge < -0.3 is 15.5 Å². The normalized spacial score (nSPS) is 23.1. The van der Waals surface area contributed by atoms with Crippen molar-refractivity contribution in [2.75, 3.05) is 26.2 Å². The Morgan fingerprint density at radius 3 is 2.26 bits per heavy atom. The molecule has 2 aliphatic heterocycles. The Hall–Kier alpha value is -0.320. The molecular formula is C14H28ClN3O. The molecule has 0 bridgehead atoms. The summed E-state index contributed by atoms with van der Waals surface area (Å²) >= 11 is 0. The number of halogens is 1. The Morgan fingerprint density at radius 1 is 1.16 bits per heavy atom. The van der Waals surface area contributed by atoms with E-state index in [0.717, 1.165) is 51.9 Å². The summed E-state index contributed by atoms with van der Waals surface area (Å²) in [5, 5.41) is 6.56. The monoisotopic (exact) mass is 289 g/mol. The molecule has 2 saturated heterocycles. The van der Waals surface area contributed by atoms with E-state index in [1.807, 2.05) is 0 Å². The fourth-order valence-electron chi connectivity index (χ4n) is 2.96. The molecule has 2 N–H and O–H groups in total. The number of nitrogens with one attached hydrogen (secondary N) is 2. The summed E-state index contributed by atoms with van der Waals surface area (Å²) in [6.45, 7) is 8.71. The lowest BCUT2D eigenvalue weighted by Gasteiger charge is -2.35. The molecule has 0 aromatic heterocycles. The number of carbonyl (C=O) groups is 1. The molecule has 2 heterocycles. The number of amides is 1. The van der Waals surface area contributed by atoms with Crippen LogP contribution in [0.1, 0.15) is 39.5 Å². The van der Waals surface area contributed by atoms with Gasteiger partial charge >= 0.3 is 0 Å². The van der Waals surface area contributed by atoms with E-state index >= 15 is 0 Å². The topological polar surface area (TPSA) is 44.4 Å². The van der Waals surface area contributed by atoms with E-state index < -0.39 is 0 Å². The summed E-state index contributed by atoms with van der Waals surface area (Å²) in [5.41, 5.74) is 0. The van der Waals surface area contributed by atoms with Gasteiger partial charge in [0.15, 0.2) is 0 Å². The third kappa shape index (κ3) is 4.93. The molecule has 0 aromatic carbocycles. The number of rotatable bonds is 3. The lowest BCUT2D eigenvalue weighted by atomic mass is 9.95. The van der Waals surface area contributed by atoms with Crippen molar-refractivity contribution in [3.8, 4) is 0 Å². The van der Waals surface area contributed by atoms with Crippen LogP contribution in [-0.4, -0.2) is 49.1 Å². The molecule has 2 rings (SSSR count). The molecule has 0 spiro atoms. The highest BCUT2D eigenvalue weighted by Gasteiger charge is 2.26. The first-order valence-electron chi connectivity index (χ1n) is 7.42. The van der Waals surface area contributed by atoms with Crippen molar-refractivity contribution in [1.82, 2.24) is 15.5 Å². The first-order chi connectivity index (χ1) is 8.66. The molecule has 0 aromatic rings. The number of hydrogen-bond acceptors (Lipinski definition) is 3. The van der Waals surface area contributed by atoms with Crippen LogP contribution in [0.5, 0.6) is 0 Å². The smallest absolute Gasteiger partial charge is 0.223 e. The van der Waals surface area contributed by atoms with E-state index in [-0.39, 0.29) is 18.3 Å². The molecule has 0 atom stereocenters. The maximum atomic E-state index is 12.1. The van der Waals surface area contributed by atoms with Crippen LogP contribution in [0.25, 0.3) is 0 Å². The van der Waals surface area contributed by atoms with Crippen molar-refractivity contribution in [2.45, 2.75) is 51.6 Å². The van der Waals surface area contributed by atoms with Gasteiger partial charge in [0.1, 0.15) is 0 Å². The van der Waals surface area contributed by atoms with Crippen LogP contribution in [0.15, 0.2) is 0 Å². The highest BCUT2D eigenvalue weighted by atomic mass is 35.5. The highest BCUT2D eigenvalue weighted by Crippen LogP contribution is 2.16. The zero-order valence-electron chi connectivity index (χ0n) is 12.2. The molecule has 0 radical (unpaired) electrons. The molecule has 0 saturated carbocycles. The van der Waals surface area contributed by atoms with E-state index in [1.54, 1.807) is 0 Å². The molecule has 2 fully saturated rings. The zero-order chi connectivity index (χ0) is 13.0.